The maximum atomic E-state index is 12.8. The smallest absolute Gasteiger partial charge is 0.306 e. The molecular formula is C32H46O8Si. The zero-order valence-corrected chi connectivity index (χ0v) is 26.5. The largest absolute Gasteiger partial charge is 0.454 e. The first kappa shape index (κ1) is 33.1. The Morgan fingerprint density at radius 3 is 1.85 bits per heavy atom. The summed E-state index contributed by atoms with van der Waals surface area (Å²) in [5.74, 6) is -0.615. The Bertz CT molecular complexity index is 1090. The molecule has 0 unspecified atom stereocenters. The monoisotopic (exact) mass is 586 g/mol. The number of hydrogen-bond acceptors (Lipinski definition) is 8. The summed E-state index contributed by atoms with van der Waals surface area (Å²) >= 11 is 0. The second-order valence-electron chi connectivity index (χ2n) is 12.0. The fourth-order valence-electron chi connectivity index (χ4n) is 4.25. The van der Waals surface area contributed by atoms with Crippen molar-refractivity contribution < 1.29 is 37.7 Å². The molecule has 1 aliphatic rings. The summed E-state index contributed by atoms with van der Waals surface area (Å²) in [5, 5.41) is 0.000700. The Hall–Kier alpha value is -2.40. The molecule has 1 aliphatic heterocycles. The van der Waals surface area contributed by atoms with E-state index in [2.05, 4.69) is 33.9 Å². The van der Waals surface area contributed by atoms with Crippen molar-refractivity contribution >= 4 is 20.1 Å². The number of hydrogen-bond donors (Lipinski definition) is 0. The zero-order chi connectivity index (χ0) is 30.0. The van der Waals surface area contributed by atoms with Gasteiger partial charge in [0.1, 0.15) is 24.1 Å². The predicted molar refractivity (Wildman–Crippen MR) is 159 cm³/mol. The van der Waals surface area contributed by atoms with E-state index < -0.39 is 45.0 Å². The van der Waals surface area contributed by atoms with Gasteiger partial charge in [0, 0.05) is 13.5 Å². The van der Waals surface area contributed by atoms with E-state index in [0.717, 1.165) is 11.1 Å². The third-order valence-electron chi connectivity index (χ3n) is 7.76. The fraction of sp³-hybridized carbons (Fsp3) is 0.562. The maximum Gasteiger partial charge on any atom is 0.306 e. The van der Waals surface area contributed by atoms with Gasteiger partial charge in [-0.3, -0.25) is 4.79 Å². The van der Waals surface area contributed by atoms with E-state index in [0.29, 0.717) is 6.61 Å². The summed E-state index contributed by atoms with van der Waals surface area (Å²) in [6.07, 6.45) is -3.70. The van der Waals surface area contributed by atoms with E-state index in [1.54, 1.807) is 0 Å². The number of Topliss-reactive ketones (excluding diaryl/α,β-unsaturated/α-hetero) is 1. The molecule has 1 fully saturated rings. The lowest BCUT2D eigenvalue weighted by Crippen LogP contribution is -2.62. The van der Waals surface area contributed by atoms with Crippen molar-refractivity contribution in [1.29, 1.82) is 0 Å². The number of esters is 1. The number of carbonyl (C=O) groups is 2. The molecule has 41 heavy (non-hydrogen) atoms. The Labute approximate surface area is 245 Å². The van der Waals surface area contributed by atoms with E-state index in [4.69, 9.17) is 28.1 Å². The van der Waals surface area contributed by atoms with Crippen LogP contribution in [0.4, 0.5) is 0 Å². The highest BCUT2D eigenvalue weighted by molar-refractivity contribution is 6.74. The molecule has 0 aliphatic carbocycles. The first-order valence-electron chi connectivity index (χ1n) is 14.2. The first-order valence-corrected chi connectivity index (χ1v) is 17.1. The molecule has 0 aromatic heterocycles. The van der Waals surface area contributed by atoms with E-state index >= 15 is 0 Å². The molecule has 0 radical (unpaired) electrons. The van der Waals surface area contributed by atoms with Crippen LogP contribution < -0.4 is 0 Å². The molecule has 0 bridgehead atoms. The van der Waals surface area contributed by atoms with Gasteiger partial charge in [-0.15, -0.1) is 0 Å². The van der Waals surface area contributed by atoms with E-state index in [1.165, 1.54) is 14.0 Å². The zero-order valence-electron chi connectivity index (χ0n) is 25.5. The summed E-state index contributed by atoms with van der Waals surface area (Å²) in [4.78, 5) is 24.3. The molecule has 0 spiro atoms. The van der Waals surface area contributed by atoms with E-state index in [9.17, 15) is 9.59 Å². The molecule has 8 nitrogen and oxygen atoms in total. The van der Waals surface area contributed by atoms with Gasteiger partial charge in [0.05, 0.1) is 26.2 Å². The number of ketones is 1. The van der Waals surface area contributed by atoms with Crippen LogP contribution in [-0.2, 0) is 50.9 Å². The standard InChI is InChI=1S/C32H46O8Si/c1-23(33)18-19-27(34)40-30-29(37-21-25-16-12-9-13-17-25)28(36-20-24-14-10-8-11-15-24)26(39-31(30)35-5)22-38-41(6,7)32(2,3)4/h8-17,26,28-31H,18-22H2,1-7H3/t26-,28-,29+,30+,31+/m1/s1. The quantitative estimate of drug-likeness (QED) is 0.202. The molecule has 0 N–H and O–H groups in total. The molecule has 9 heteroatoms. The average molecular weight is 587 g/mol. The van der Waals surface area contributed by atoms with Gasteiger partial charge in [0.2, 0.25) is 0 Å². The molecule has 1 heterocycles. The summed E-state index contributed by atoms with van der Waals surface area (Å²) in [7, 11) is -0.624. The molecule has 2 aromatic carbocycles. The lowest BCUT2D eigenvalue weighted by molar-refractivity contribution is -0.313. The molecule has 5 atom stereocenters. The van der Waals surface area contributed by atoms with Crippen LogP contribution in [0.3, 0.4) is 0 Å². The van der Waals surface area contributed by atoms with Crippen molar-refractivity contribution in [3.05, 3.63) is 71.8 Å². The minimum absolute atomic E-state index is 0.000700. The van der Waals surface area contributed by atoms with Gasteiger partial charge in [-0.1, -0.05) is 81.4 Å². The van der Waals surface area contributed by atoms with Crippen molar-refractivity contribution in [2.45, 2.75) is 103 Å². The van der Waals surface area contributed by atoms with Crippen molar-refractivity contribution in [2.75, 3.05) is 13.7 Å². The minimum atomic E-state index is -2.13. The SMILES string of the molecule is CO[C@H]1O[C@H](CO[Si](C)(C)C(C)(C)C)[C@@H](OCc2ccccc2)[C@H](OCc2ccccc2)[C@@H]1OC(=O)CCC(C)=O. The third-order valence-corrected chi connectivity index (χ3v) is 12.3. The topological polar surface area (TPSA) is 89.5 Å². The predicted octanol–water partition coefficient (Wildman–Crippen LogP) is 5.83. The van der Waals surface area contributed by atoms with Crippen molar-refractivity contribution in [3.63, 3.8) is 0 Å². The van der Waals surface area contributed by atoms with Gasteiger partial charge in [-0.2, -0.15) is 0 Å². The van der Waals surface area contributed by atoms with Crippen LogP contribution in [0.2, 0.25) is 18.1 Å². The molecule has 0 amide bonds. The number of rotatable bonds is 14. The van der Waals surface area contributed by atoms with Crippen LogP contribution in [0, 0.1) is 0 Å². The molecule has 1 saturated heterocycles. The highest BCUT2D eigenvalue weighted by Crippen LogP contribution is 2.38. The normalized spacial score (nSPS) is 23.2. The van der Waals surface area contributed by atoms with Gasteiger partial charge < -0.3 is 32.9 Å². The van der Waals surface area contributed by atoms with Crippen LogP contribution in [0.1, 0.15) is 51.7 Å². The van der Waals surface area contributed by atoms with Crippen LogP contribution in [0.5, 0.6) is 0 Å². The van der Waals surface area contributed by atoms with Crippen molar-refractivity contribution in [3.8, 4) is 0 Å². The molecule has 2 aromatic rings. The first-order chi connectivity index (χ1) is 19.4. The minimum Gasteiger partial charge on any atom is -0.454 e. The molecule has 3 rings (SSSR count). The molecule has 226 valence electrons. The van der Waals surface area contributed by atoms with E-state index in [-0.39, 0.29) is 36.9 Å². The number of benzene rings is 2. The lowest BCUT2D eigenvalue weighted by Gasteiger charge is -2.46. The summed E-state index contributed by atoms with van der Waals surface area (Å²) in [6, 6.07) is 19.6. The van der Waals surface area contributed by atoms with Gasteiger partial charge in [0.25, 0.3) is 0 Å². The summed E-state index contributed by atoms with van der Waals surface area (Å²) < 4.78 is 37.6. The molecule has 0 saturated carbocycles. The second kappa shape index (κ2) is 15.2. The average Bonchev–Trinajstić information content (AvgIpc) is 2.94. The number of ether oxygens (including phenoxy) is 5. The fourth-order valence-corrected chi connectivity index (χ4v) is 5.26. The van der Waals surface area contributed by atoms with Gasteiger partial charge >= 0.3 is 5.97 Å². The van der Waals surface area contributed by atoms with Crippen LogP contribution in [-0.4, -0.2) is 64.5 Å². The number of carbonyl (C=O) groups excluding carboxylic acids is 2. The Balaban J connectivity index is 1.93. The summed E-state index contributed by atoms with van der Waals surface area (Å²) in [5.41, 5.74) is 1.95. The Kier molecular flexibility index (Phi) is 12.3. The highest BCUT2D eigenvalue weighted by Gasteiger charge is 2.51. The molecular weight excluding hydrogens is 540 g/mol. The summed E-state index contributed by atoms with van der Waals surface area (Å²) in [6.45, 7) is 13.2. The highest BCUT2D eigenvalue weighted by atomic mass is 28.4. The lowest BCUT2D eigenvalue weighted by atomic mass is 9.98. The number of methoxy groups -OCH3 is 1. The van der Waals surface area contributed by atoms with E-state index in [1.807, 2.05) is 60.7 Å². The van der Waals surface area contributed by atoms with Crippen LogP contribution in [0.15, 0.2) is 60.7 Å². The Morgan fingerprint density at radius 1 is 0.829 bits per heavy atom. The van der Waals surface area contributed by atoms with Gasteiger partial charge in [0.15, 0.2) is 20.7 Å². The van der Waals surface area contributed by atoms with Gasteiger partial charge in [-0.25, -0.2) is 0 Å². The Morgan fingerprint density at radius 2 is 1.37 bits per heavy atom. The van der Waals surface area contributed by atoms with Crippen LogP contribution in [0.25, 0.3) is 0 Å². The van der Waals surface area contributed by atoms with Gasteiger partial charge in [-0.05, 0) is 36.2 Å². The second-order valence-corrected chi connectivity index (χ2v) is 16.8. The maximum absolute atomic E-state index is 12.8. The third kappa shape index (κ3) is 9.84. The van der Waals surface area contributed by atoms with Crippen molar-refractivity contribution in [2.24, 2.45) is 0 Å². The van der Waals surface area contributed by atoms with Crippen LogP contribution >= 0.6 is 0 Å². The van der Waals surface area contributed by atoms with Crippen molar-refractivity contribution in [1.82, 2.24) is 0 Å².